The molecule has 0 aliphatic heterocycles. The first kappa shape index (κ1) is 27.0. The molecule has 0 aliphatic rings. The largest absolute Gasteiger partial charge is 0.491 e. The molecule has 8 nitrogen and oxygen atoms in total. The van der Waals surface area contributed by atoms with Crippen LogP contribution in [0.15, 0.2) is 52.9 Å². The van der Waals surface area contributed by atoms with Gasteiger partial charge in [0.25, 0.3) is 0 Å². The molecule has 0 saturated carbocycles. The minimum atomic E-state index is -4.69. The van der Waals surface area contributed by atoms with Gasteiger partial charge in [0.2, 0.25) is 5.89 Å². The lowest BCUT2D eigenvalue weighted by Gasteiger charge is -2.25. The van der Waals surface area contributed by atoms with E-state index in [9.17, 15) is 18.0 Å². The topological polar surface area (TPSA) is 110 Å². The SMILES string of the molecule is CCC(C)C(COc1ccc(-c2nnc(C(F)(F)F)o2)cc1)Nc1ccc(CNCCC(=O)O)cc1. The maximum Gasteiger partial charge on any atom is 0.470 e. The number of nitrogens with zero attached hydrogens (tertiary/aromatic N) is 2. The molecular weight excluding hydrogens is 477 g/mol. The summed E-state index contributed by atoms with van der Waals surface area (Å²) in [5, 5.41) is 21.8. The van der Waals surface area contributed by atoms with Crippen LogP contribution in [0.4, 0.5) is 18.9 Å². The number of alkyl halides is 3. The van der Waals surface area contributed by atoms with Crippen LogP contribution in [0.1, 0.15) is 38.1 Å². The Labute approximate surface area is 206 Å². The minimum absolute atomic E-state index is 0.0134. The Morgan fingerprint density at radius 2 is 1.81 bits per heavy atom. The van der Waals surface area contributed by atoms with Crippen LogP contribution in [-0.2, 0) is 17.5 Å². The third-order valence-electron chi connectivity index (χ3n) is 5.68. The minimum Gasteiger partial charge on any atom is -0.491 e. The Kier molecular flexibility index (Phi) is 9.29. The van der Waals surface area contributed by atoms with Gasteiger partial charge in [-0.1, -0.05) is 32.4 Å². The number of halogens is 3. The molecule has 0 bridgehead atoms. The summed E-state index contributed by atoms with van der Waals surface area (Å²) in [6.07, 6.45) is -3.68. The van der Waals surface area contributed by atoms with Crippen molar-refractivity contribution in [3.63, 3.8) is 0 Å². The van der Waals surface area contributed by atoms with Crippen LogP contribution in [0.25, 0.3) is 11.5 Å². The molecule has 36 heavy (non-hydrogen) atoms. The molecule has 1 heterocycles. The molecule has 2 aromatic carbocycles. The molecule has 2 unspecified atom stereocenters. The molecular formula is C25H29F3N4O4. The molecule has 3 aromatic rings. The standard InChI is InChI=1S/C25H29F3N4O4/c1-3-16(2)21(30-19-8-4-17(5-9-19)14-29-13-12-22(33)34)15-35-20-10-6-18(7-11-20)23-31-32-24(36-23)25(26,27)28/h4-11,16,21,29-30H,3,12-15H2,1-2H3,(H,33,34). The van der Waals surface area contributed by atoms with Gasteiger partial charge in [-0.15, -0.1) is 10.2 Å². The van der Waals surface area contributed by atoms with Crippen LogP contribution in [0.5, 0.6) is 5.75 Å². The number of aliphatic carboxylic acids is 1. The average molecular weight is 507 g/mol. The summed E-state index contributed by atoms with van der Waals surface area (Å²) in [5.41, 5.74) is 2.34. The molecule has 11 heteroatoms. The van der Waals surface area contributed by atoms with Crippen molar-refractivity contribution in [3.8, 4) is 17.2 Å². The van der Waals surface area contributed by atoms with E-state index < -0.39 is 18.0 Å². The van der Waals surface area contributed by atoms with E-state index in [1.807, 2.05) is 24.3 Å². The van der Waals surface area contributed by atoms with Crippen LogP contribution >= 0.6 is 0 Å². The van der Waals surface area contributed by atoms with Crippen LogP contribution in [0, 0.1) is 5.92 Å². The van der Waals surface area contributed by atoms with Gasteiger partial charge in [-0.05, 0) is 47.9 Å². The monoisotopic (exact) mass is 506 g/mol. The van der Waals surface area contributed by atoms with Gasteiger partial charge in [-0.2, -0.15) is 13.2 Å². The lowest BCUT2D eigenvalue weighted by Crippen LogP contribution is -2.33. The van der Waals surface area contributed by atoms with E-state index in [-0.39, 0.29) is 18.4 Å². The van der Waals surface area contributed by atoms with Crippen molar-refractivity contribution in [2.75, 3.05) is 18.5 Å². The summed E-state index contributed by atoms with van der Waals surface area (Å²) in [4.78, 5) is 10.6. The normalized spacial score (nSPS) is 13.2. The van der Waals surface area contributed by atoms with Crippen molar-refractivity contribution in [1.29, 1.82) is 0 Å². The quantitative estimate of drug-likeness (QED) is 0.271. The number of rotatable bonds is 13. The maximum absolute atomic E-state index is 12.7. The van der Waals surface area contributed by atoms with Gasteiger partial charge in [0, 0.05) is 24.3 Å². The number of anilines is 1. The third-order valence-corrected chi connectivity index (χ3v) is 5.68. The van der Waals surface area contributed by atoms with Crippen molar-refractivity contribution in [3.05, 3.63) is 60.0 Å². The summed E-state index contributed by atoms with van der Waals surface area (Å²) < 4.78 is 48.7. The van der Waals surface area contributed by atoms with Crippen LogP contribution in [-0.4, -0.2) is 40.5 Å². The summed E-state index contributed by atoms with van der Waals surface area (Å²) in [7, 11) is 0. The highest BCUT2D eigenvalue weighted by molar-refractivity contribution is 5.66. The van der Waals surface area contributed by atoms with Crippen molar-refractivity contribution >= 4 is 11.7 Å². The highest BCUT2D eigenvalue weighted by Gasteiger charge is 2.38. The van der Waals surface area contributed by atoms with Gasteiger partial charge in [0.05, 0.1) is 12.5 Å². The van der Waals surface area contributed by atoms with Crippen molar-refractivity contribution < 1.29 is 32.2 Å². The summed E-state index contributed by atoms with van der Waals surface area (Å²) in [5.74, 6) is -1.56. The molecule has 3 rings (SSSR count). The first-order valence-corrected chi connectivity index (χ1v) is 11.6. The Morgan fingerprint density at radius 3 is 2.39 bits per heavy atom. The number of carboxylic acids is 1. The number of aromatic nitrogens is 2. The predicted molar refractivity (Wildman–Crippen MR) is 127 cm³/mol. The maximum atomic E-state index is 12.7. The van der Waals surface area contributed by atoms with Gasteiger partial charge in [-0.3, -0.25) is 4.79 Å². The highest BCUT2D eigenvalue weighted by Crippen LogP contribution is 2.30. The molecule has 0 amide bonds. The van der Waals surface area contributed by atoms with Gasteiger partial charge in [-0.25, -0.2) is 0 Å². The number of hydrogen-bond acceptors (Lipinski definition) is 7. The van der Waals surface area contributed by atoms with Gasteiger partial charge >= 0.3 is 18.0 Å². The van der Waals surface area contributed by atoms with E-state index in [4.69, 9.17) is 14.3 Å². The van der Waals surface area contributed by atoms with Crippen LogP contribution in [0.3, 0.4) is 0 Å². The highest BCUT2D eigenvalue weighted by atomic mass is 19.4. The second kappa shape index (κ2) is 12.4. The molecule has 0 fully saturated rings. The Bertz CT molecular complexity index is 1100. The zero-order valence-electron chi connectivity index (χ0n) is 20.0. The van der Waals surface area contributed by atoms with Crippen molar-refractivity contribution in [1.82, 2.24) is 15.5 Å². The lowest BCUT2D eigenvalue weighted by molar-refractivity contribution is -0.157. The van der Waals surface area contributed by atoms with E-state index in [1.165, 1.54) is 0 Å². The number of carbonyl (C=O) groups is 1. The fourth-order valence-corrected chi connectivity index (χ4v) is 3.33. The summed E-state index contributed by atoms with van der Waals surface area (Å²) in [6, 6.07) is 14.3. The number of nitrogens with one attached hydrogen (secondary N) is 2. The molecule has 1 aromatic heterocycles. The van der Waals surface area contributed by atoms with E-state index in [1.54, 1.807) is 24.3 Å². The average Bonchev–Trinajstić information content (AvgIpc) is 3.36. The smallest absolute Gasteiger partial charge is 0.470 e. The molecule has 0 saturated heterocycles. The summed E-state index contributed by atoms with van der Waals surface area (Å²) >= 11 is 0. The zero-order chi connectivity index (χ0) is 26.1. The second-order valence-corrected chi connectivity index (χ2v) is 8.40. The molecule has 194 valence electrons. The first-order chi connectivity index (χ1) is 17.2. The Balaban J connectivity index is 1.55. The number of carboxylic acid groups (broad SMARTS) is 1. The van der Waals surface area contributed by atoms with Gasteiger partial charge in [0.15, 0.2) is 0 Å². The van der Waals surface area contributed by atoms with Crippen molar-refractivity contribution in [2.24, 2.45) is 5.92 Å². The number of ether oxygens (including phenoxy) is 1. The molecule has 2 atom stereocenters. The fraction of sp³-hybridized carbons (Fsp3) is 0.400. The van der Waals surface area contributed by atoms with E-state index >= 15 is 0 Å². The predicted octanol–water partition coefficient (Wildman–Crippen LogP) is 5.23. The molecule has 0 aliphatic carbocycles. The van der Waals surface area contributed by atoms with Gasteiger partial charge in [0.1, 0.15) is 12.4 Å². The van der Waals surface area contributed by atoms with Crippen LogP contribution < -0.4 is 15.4 Å². The Morgan fingerprint density at radius 1 is 1.11 bits per heavy atom. The second-order valence-electron chi connectivity index (χ2n) is 8.40. The lowest BCUT2D eigenvalue weighted by atomic mass is 9.99. The zero-order valence-corrected chi connectivity index (χ0v) is 20.0. The summed E-state index contributed by atoms with van der Waals surface area (Å²) in [6.45, 7) is 5.60. The van der Waals surface area contributed by atoms with E-state index in [0.29, 0.717) is 36.9 Å². The van der Waals surface area contributed by atoms with Crippen LogP contribution in [0.2, 0.25) is 0 Å². The fourth-order valence-electron chi connectivity index (χ4n) is 3.33. The molecule has 0 spiro atoms. The number of hydrogen-bond donors (Lipinski definition) is 3. The van der Waals surface area contributed by atoms with Crippen molar-refractivity contribution in [2.45, 2.75) is 45.5 Å². The molecule has 3 N–H and O–H groups in total. The number of benzene rings is 2. The first-order valence-electron chi connectivity index (χ1n) is 11.6. The Hall–Kier alpha value is -3.60. The van der Waals surface area contributed by atoms with E-state index in [0.717, 1.165) is 17.7 Å². The van der Waals surface area contributed by atoms with Gasteiger partial charge < -0.3 is 24.9 Å². The third kappa shape index (κ3) is 7.98. The molecule has 0 radical (unpaired) electrons. The van der Waals surface area contributed by atoms with E-state index in [2.05, 4.69) is 34.7 Å².